The van der Waals surface area contributed by atoms with Gasteiger partial charge in [0.2, 0.25) is 11.8 Å². The van der Waals surface area contributed by atoms with E-state index in [2.05, 4.69) is 26.3 Å². The molecule has 1 atom stereocenters. The molecule has 1 aromatic heterocycles. The Kier molecular flexibility index (Phi) is 6.30. The van der Waals surface area contributed by atoms with Gasteiger partial charge in [0.05, 0.1) is 17.3 Å². The first-order valence-electron chi connectivity index (χ1n) is 11.2. The minimum absolute atomic E-state index is 0.0236. The van der Waals surface area contributed by atoms with Crippen LogP contribution in [0.3, 0.4) is 0 Å². The number of nitrogen functional groups attached to an aromatic ring is 2. The van der Waals surface area contributed by atoms with E-state index < -0.39 is 0 Å². The van der Waals surface area contributed by atoms with Gasteiger partial charge in [-0.1, -0.05) is 36.4 Å². The number of nitrogens with zero attached hydrogens (tertiary/aromatic N) is 4. The van der Waals surface area contributed by atoms with Crippen LogP contribution in [-0.2, 0) is 0 Å². The Bertz CT molecular complexity index is 1410. The molecule has 1 unspecified atom stereocenters. The molecular formula is C28H24N6O. The van der Waals surface area contributed by atoms with E-state index in [1.807, 2.05) is 91.2 Å². The molecule has 0 bridgehead atoms. The Hall–Kier alpha value is -4.78. The molecule has 7 heteroatoms. The molecule has 3 aromatic carbocycles. The van der Waals surface area contributed by atoms with Gasteiger partial charge in [-0.2, -0.15) is 0 Å². The number of aliphatic imine (C=N–C) groups is 2. The summed E-state index contributed by atoms with van der Waals surface area (Å²) in [4.78, 5) is 9.04. The van der Waals surface area contributed by atoms with Crippen molar-refractivity contribution in [3.8, 4) is 11.5 Å². The van der Waals surface area contributed by atoms with E-state index in [0.29, 0.717) is 11.8 Å². The second kappa shape index (κ2) is 10.0. The molecule has 7 nitrogen and oxygen atoms in total. The minimum Gasteiger partial charge on any atom is -0.420 e. The molecule has 4 N–H and O–H groups in total. The minimum atomic E-state index is 0.0236. The Labute approximate surface area is 203 Å². The van der Waals surface area contributed by atoms with Gasteiger partial charge < -0.3 is 15.9 Å². The molecule has 0 saturated carbocycles. The molecule has 1 heterocycles. The maximum atomic E-state index is 5.96. The predicted octanol–water partition coefficient (Wildman–Crippen LogP) is 5.70. The van der Waals surface area contributed by atoms with Gasteiger partial charge in [0, 0.05) is 29.4 Å². The van der Waals surface area contributed by atoms with Crippen molar-refractivity contribution >= 4 is 29.5 Å². The van der Waals surface area contributed by atoms with Crippen molar-refractivity contribution in [3.63, 3.8) is 0 Å². The highest BCUT2D eigenvalue weighted by Crippen LogP contribution is 2.29. The number of nitrogens with two attached hydrogens (primary N) is 2. The van der Waals surface area contributed by atoms with Crippen molar-refractivity contribution in [2.24, 2.45) is 9.98 Å². The summed E-state index contributed by atoms with van der Waals surface area (Å²) in [6.45, 7) is 0. The first-order chi connectivity index (χ1) is 17.1. The molecule has 0 amide bonds. The fourth-order valence-corrected chi connectivity index (χ4v) is 3.54. The summed E-state index contributed by atoms with van der Waals surface area (Å²) in [5.74, 6) is 1.09. The van der Waals surface area contributed by atoms with E-state index in [0.717, 1.165) is 45.9 Å². The van der Waals surface area contributed by atoms with Crippen molar-refractivity contribution in [1.29, 1.82) is 0 Å². The fraction of sp³-hybridized carbons (Fsp3) is 0.0714. The average Bonchev–Trinajstić information content (AvgIpc) is 3.39. The largest absolute Gasteiger partial charge is 0.420 e. The van der Waals surface area contributed by atoms with E-state index in [9.17, 15) is 0 Å². The average molecular weight is 461 g/mol. The normalized spacial score (nSPS) is 15.7. The molecule has 0 aliphatic heterocycles. The SMILES string of the molecule is Nc1ccc(C=NC2=CCC(c3nnc(-c4ccc(N=Cc5ccc(N)cc5)cc4)o3)C=C2)cc1. The lowest BCUT2D eigenvalue weighted by molar-refractivity contribution is 0.483. The molecule has 1 aliphatic rings. The third-order valence-corrected chi connectivity index (χ3v) is 5.55. The number of allylic oxidation sites excluding steroid dienone is 3. The topological polar surface area (TPSA) is 116 Å². The van der Waals surface area contributed by atoms with E-state index in [-0.39, 0.29) is 5.92 Å². The van der Waals surface area contributed by atoms with Gasteiger partial charge in [-0.15, -0.1) is 10.2 Å². The van der Waals surface area contributed by atoms with Crippen LogP contribution in [0, 0.1) is 0 Å². The highest BCUT2D eigenvalue weighted by Gasteiger charge is 2.18. The third kappa shape index (κ3) is 5.59. The molecule has 0 radical (unpaired) electrons. The van der Waals surface area contributed by atoms with Crippen LogP contribution < -0.4 is 11.5 Å². The maximum absolute atomic E-state index is 5.96. The quantitative estimate of drug-likeness (QED) is 0.283. The molecule has 172 valence electrons. The molecule has 4 aromatic rings. The van der Waals surface area contributed by atoms with Crippen LogP contribution in [0.15, 0.2) is 111 Å². The Morgan fingerprint density at radius 1 is 0.771 bits per heavy atom. The van der Waals surface area contributed by atoms with Gasteiger partial charge in [0.25, 0.3) is 0 Å². The van der Waals surface area contributed by atoms with Crippen LogP contribution in [-0.4, -0.2) is 22.6 Å². The van der Waals surface area contributed by atoms with Crippen LogP contribution in [0.4, 0.5) is 17.1 Å². The van der Waals surface area contributed by atoms with Crippen LogP contribution in [0.1, 0.15) is 29.4 Å². The van der Waals surface area contributed by atoms with Crippen molar-refractivity contribution in [2.45, 2.75) is 12.3 Å². The highest BCUT2D eigenvalue weighted by atomic mass is 16.4. The second-order valence-electron chi connectivity index (χ2n) is 8.17. The van der Waals surface area contributed by atoms with Gasteiger partial charge in [-0.05, 0) is 72.2 Å². The maximum Gasteiger partial charge on any atom is 0.247 e. The zero-order valence-corrected chi connectivity index (χ0v) is 19.0. The number of aromatic nitrogens is 2. The molecule has 0 fully saturated rings. The molecular weight excluding hydrogens is 436 g/mol. The summed E-state index contributed by atoms with van der Waals surface area (Å²) in [6, 6.07) is 22.8. The smallest absolute Gasteiger partial charge is 0.247 e. The summed E-state index contributed by atoms with van der Waals surface area (Å²) in [7, 11) is 0. The standard InChI is InChI=1S/C28H24N6O/c29-23-9-1-19(2-10-23)17-31-25-13-5-21(6-14-25)27-33-34-28(35-27)22-7-15-26(16-8-22)32-18-20-3-11-24(30)12-4-20/h1-7,9-18,22H,8,29-30H2. The van der Waals surface area contributed by atoms with Crippen LogP contribution in [0.5, 0.6) is 0 Å². The van der Waals surface area contributed by atoms with Crippen LogP contribution in [0.25, 0.3) is 11.5 Å². The van der Waals surface area contributed by atoms with Gasteiger partial charge >= 0.3 is 0 Å². The Morgan fingerprint density at radius 2 is 1.40 bits per heavy atom. The summed E-state index contributed by atoms with van der Waals surface area (Å²) in [6.07, 6.45) is 10.4. The number of hydrogen-bond acceptors (Lipinski definition) is 7. The van der Waals surface area contributed by atoms with Crippen LogP contribution >= 0.6 is 0 Å². The number of benzene rings is 3. The first kappa shape index (κ1) is 22.0. The lowest BCUT2D eigenvalue weighted by Crippen LogP contribution is -1.98. The van der Waals surface area contributed by atoms with Crippen molar-refractivity contribution in [2.75, 3.05) is 11.5 Å². The lowest BCUT2D eigenvalue weighted by atomic mass is 9.99. The van der Waals surface area contributed by atoms with Crippen molar-refractivity contribution in [1.82, 2.24) is 10.2 Å². The molecule has 5 rings (SSSR count). The second-order valence-corrected chi connectivity index (χ2v) is 8.17. The number of anilines is 2. The van der Waals surface area contributed by atoms with Crippen LogP contribution in [0.2, 0.25) is 0 Å². The fourth-order valence-electron chi connectivity index (χ4n) is 3.54. The van der Waals surface area contributed by atoms with Gasteiger partial charge in [0.15, 0.2) is 0 Å². The third-order valence-electron chi connectivity index (χ3n) is 5.55. The molecule has 0 spiro atoms. The lowest BCUT2D eigenvalue weighted by Gasteiger charge is -2.10. The van der Waals surface area contributed by atoms with E-state index in [1.54, 1.807) is 6.21 Å². The van der Waals surface area contributed by atoms with Gasteiger partial charge in [-0.3, -0.25) is 9.98 Å². The summed E-state index contributed by atoms with van der Waals surface area (Å²) < 4.78 is 5.96. The summed E-state index contributed by atoms with van der Waals surface area (Å²) >= 11 is 0. The van der Waals surface area contributed by atoms with Crippen molar-refractivity contribution in [3.05, 3.63) is 114 Å². The monoisotopic (exact) mass is 460 g/mol. The Balaban J connectivity index is 1.20. The Morgan fingerprint density at radius 3 is 2.00 bits per heavy atom. The zero-order valence-electron chi connectivity index (χ0n) is 19.0. The molecule has 0 saturated heterocycles. The summed E-state index contributed by atoms with van der Waals surface area (Å²) in [5, 5.41) is 8.50. The van der Waals surface area contributed by atoms with E-state index in [1.165, 1.54) is 0 Å². The first-order valence-corrected chi connectivity index (χ1v) is 11.2. The highest BCUT2D eigenvalue weighted by molar-refractivity contribution is 5.82. The zero-order chi connectivity index (χ0) is 24.0. The number of rotatable bonds is 6. The predicted molar refractivity (Wildman–Crippen MR) is 141 cm³/mol. The molecule has 1 aliphatic carbocycles. The summed E-state index contributed by atoms with van der Waals surface area (Å²) in [5.41, 5.74) is 17.5. The van der Waals surface area contributed by atoms with Crippen molar-refractivity contribution < 1.29 is 4.42 Å². The van der Waals surface area contributed by atoms with Gasteiger partial charge in [0.1, 0.15) is 0 Å². The van der Waals surface area contributed by atoms with E-state index >= 15 is 0 Å². The molecule has 35 heavy (non-hydrogen) atoms. The van der Waals surface area contributed by atoms with Gasteiger partial charge in [-0.25, -0.2) is 0 Å². The van der Waals surface area contributed by atoms with E-state index in [4.69, 9.17) is 15.9 Å². The number of hydrogen-bond donors (Lipinski definition) is 2.